The Morgan fingerprint density at radius 3 is 2.00 bits per heavy atom. The molecular weight excluding hydrogens is 360 g/mol. The van der Waals surface area contributed by atoms with Gasteiger partial charge < -0.3 is 0 Å². The SMILES string of the molecule is Cc1ccc(S(=O)(=O)N(/N=C/c2ccccc2)C(=O)c2ccccc2)cc1. The highest BCUT2D eigenvalue weighted by Gasteiger charge is 2.30. The second kappa shape index (κ2) is 7.97. The Morgan fingerprint density at radius 2 is 1.41 bits per heavy atom. The summed E-state index contributed by atoms with van der Waals surface area (Å²) in [6, 6.07) is 23.5. The molecule has 6 heteroatoms. The van der Waals surface area contributed by atoms with E-state index in [0.29, 0.717) is 9.98 Å². The number of rotatable bonds is 5. The van der Waals surface area contributed by atoms with E-state index in [0.717, 1.165) is 5.56 Å². The Bertz CT molecular complexity index is 1050. The van der Waals surface area contributed by atoms with Crippen LogP contribution in [0, 0.1) is 6.92 Å². The van der Waals surface area contributed by atoms with E-state index < -0.39 is 15.9 Å². The highest BCUT2D eigenvalue weighted by atomic mass is 32.2. The predicted octanol–water partition coefficient (Wildman–Crippen LogP) is 3.86. The first-order valence-corrected chi connectivity index (χ1v) is 9.73. The molecule has 0 aliphatic heterocycles. The van der Waals surface area contributed by atoms with E-state index in [-0.39, 0.29) is 10.5 Å². The number of hydrazone groups is 1. The van der Waals surface area contributed by atoms with E-state index in [1.807, 2.05) is 13.0 Å². The third kappa shape index (κ3) is 4.30. The van der Waals surface area contributed by atoms with Crippen molar-refractivity contribution in [3.8, 4) is 0 Å². The molecule has 1 amide bonds. The minimum absolute atomic E-state index is 0.00240. The van der Waals surface area contributed by atoms with E-state index in [4.69, 9.17) is 0 Å². The van der Waals surface area contributed by atoms with Crippen molar-refractivity contribution >= 4 is 22.1 Å². The van der Waals surface area contributed by atoms with Gasteiger partial charge in [0.05, 0.1) is 11.1 Å². The summed E-state index contributed by atoms with van der Waals surface area (Å²) in [5.41, 5.74) is 1.84. The molecule has 0 saturated carbocycles. The van der Waals surface area contributed by atoms with Crippen molar-refractivity contribution < 1.29 is 13.2 Å². The average Bonchev–Trinajstić information content (AvgIpc) is 2.69. The van der Waals surface area contributed by atoms with Gasteiger partial charge in [-0.2, -0.15) is 13.5 Å². The lowest BCUT2D eigenvalue weighted by Gasteiger charge is -2.17. The molecule has 0 radical (unpaired) electrons. The van der Waals surface area contributed by atoms with Crippen LogP contribution in [0.2, 0.25) is 0 Å². The number of amides is 1. The lowest BCUT2D eigenvalue weighted by atomic mass is 10.2. The number of nitrogens with zero attached hydrogens (tertiary/aromatic N) is 2. The van der Waals surface area contributed by atoms with Gasteiger partial charge in [-0.1, -0.05) is 66.2 Å². The summed E-state index contributed by atoms with van der Waals surface area (Å²) in [5.74, 6) is -0.719. The number of hydrogen-bond donors (Lipinski definition) is 0. The molecule has 3 rings (SSSR count). The van der Waals surface area contributed by atoms with Gasteiger partial charge in [-0.05, 0) is 36.8 Å². The van der Waals surface area contributed by atoms with Crippen LogP contribution < -0.4 is 0 Å². The third-order valence-electron chi connectivity index (χ3n) is 3.85. The topological polar surface area (TPSA) is 66.8 Å². The van der Waals surface area contributed by atoms with E-state index in [2.05, 4.69) is 5.10 Å². The van der Waals surface area contributed by atoms with Gasteiger partial charge in [0.2, 0.25) is 0 Å². The molecule has 0 saturated heterocycles. The molecule has 136 valence electrons. The molecule has 0 fully saturated rings. The molecule has 0 spiro atoms. The van der Waals surface area contributed by atoms with Crippen LogP contribution in [-0.2, 0) is 10.0 Å². The summed E-state index contributed by atoms with van der Waals surface area (Å²) in [4.78, 5) is 12.9. The molecule has 27 heavy (non-hydrogen) atoms. The van der Waals surface area contributed by atoms with Crippen LogP contribution in [0.25, 0.3) is 0 Å². The van der Waals surface area contributed by atoms with E-state index in [9.17, 15) is 13.2 Å². The maximum absolute atomic E-state index is 13.1. The van der Waals surface area contributed by atoms with Crippen LogP contribution in [0.5, 0.6) is 0 Å². The first-order valence-electron chi connectivity index (χ1n) is 8.29. The number of carbonyl (C=O) groups excluding carboxylic acids is 1. The Balaban J connectivity index is 2.05. The zero-order valence-electron chi connectivity index (χ0n) is 14.7. The highest BCUT2D eigenvalue weighted by Crippen LogP contribution is 2.19. The normalized spacial score (nSPS) is 11.4. The fourth-order valence-corrected chi connectivity index (χ4v) is 3.56. The first kappa shape index (κ1) is 18.5. The molecule has 0 aliphatic carbocycles. The van der Waals surface area contributed by atoms with Crippen molar-refractivity contribution in [3.63, 3.8) is 0 Å². The van der Waals surface area contributed by atoms with Crippen molar-refractivity contribution in [2.45, 2.75) is 11.8 Å². The van der Waals surface area contributed by atoms with Gasteiger partial charge in [-0.3, -0.25) is 4.79 Å². The van der Waals surface area contributed by atoms with Crippen molar-refractivity contribution in [3.05, 3.63) is 102 Å². The average molecular weight is 378 g/mol. The fourth-order valence-electron chi connectivity index (χ4n) is 2.38. The Morgan fingerprint density at radius 1 is 0.852 bits per heavy atom. The second-order valence-electron chi connectivity index (χ2n) is 5.89. The molecule has 0 N–H and O–H groups in total. The molecule has 0 bridgehead atoms. The van der Waals surface area contributed by atoms with Gasteiger partial charge in [0.15, 0.2) is 0 Å². The lowest BCUT2D eigenvalue weighted by Crippen LogP contribution is -2.32. The third-order valence-corrected chi connectivity index (χ3v) is 5.44. The molecule has 3 aromatic rings. The smallest absolute Gasteiger partial charge is 0.266 e. The molecule has 0 aromatic heterocycles. The van der Waals surface area contributed by atoms with Gasteiger partial charge >= 0.3 is 0 Å². The molecule has 5 nitrogen and oxygen atoms in total. The van der Waals surface area contributed by atoms with E-state index >= 15 is 0 Å². The van der Waals surface area contributed by atoms with E-state index in [1.165, 1.54) is 18.3 Å². The summed E-state index contributed by atoms with van der Waals surface area (Å²) in [5, 5.41) is 4.01. The maximum atomic E-state index is 13.1. The Kier molecular flexibility index (Phi) is 5.47. The number of carbonyl (C=O) groups is 1. The van der Waals surface area contributed by atoms with E-state index in [1.54, 1.807) is 66.7 Å². The van der Waals surface area contributed by atoms with Gasteiger partial charge in [-0.15, -0.1) is 4.41 Å². The number of hydrogen-bond acceptors (Lipinski definition) is 4. The zero-order valence-corrected chi connectivity index (χ0v) is 15.5. The van der Waals surface area contributed by atoms with Crippen molar-refractivity contribution in [2.75, 3.05) is 0 Å². The largest absolute Gasteiger partial charge is 0.288 e. The fraction of sp³-hybridized carbons (Fsp3) is 0.0476. The second-order valence-corrected chi connectivity index (χ2v) is 7.65. The van der Waals surface area contributed by atoms with Gasteiger partial charge in [0, 0.05) is 5.56 Å². The quantitative estimate of drug-likeness (QED) is 0.500. The Labute approximate surface area is 158 Å². The molecule has 0 heterocycles. The van der Waals surface area contributed by atoms with Crippen LogP contribution >= 0.6 is 0 Å². The zero-order chi connectivity index (χ0) is 19.3. The van der Waals surface area contributed by atoms with Crippen LogP contribution in [-0.4, -0.2) is 25.0 Å². The first-order chi connectivity index (χ1) is 13.0. The minimum Gasteiger partial charge on any atom is -0.266 e. The monoisotopic (exact) mass is 378 g/mol. The van der Waals surface area contributed by atoms with Gasteiger partial charge in [0.1, 0.15) is 0 Å². The van der Waals surface area contributed by atoms with Gasteiger partial charge in [0.25, 0.3) is 15.9 Å². The molecule has 0 aliphatic rings. The number of benzene rings is 3. The summed E-state index contributed by atoms with van der Waals surface area (Å²) >= 11 is 0. The number of aryl methyl sites for hydroxylation is 1. The van der Waals surface area contributed by atoms with Crippen LogP contribution in [0.4, 0.5) is 0 Å². The van der Waals surface area contributed by atoms with Gasteiger partial charge in [-0.25, -0.2) is 0 Å². The highest BCUT2D eigenvalue weighted by molar-refractivity contribution is 7.89. The van der Waals surface area contributed by atoms with Crippen LogP contribution in [0.3, 0.4) is 0 Å². The van der Waals surface area contributed by atoms with Crippen LogP contribution in [0.15, 0.2) is 94.9 Å². The summed E-state index contributed by atoms with van der Waals surface area (Å²) in [6.45, 7) is 1.86. The Hall–Kier alpha value is -3.25. The van der Waals surface area contributed by atoms with Crippen molar-refractivity contribution in [1.29, 1.82) is 0 Å². The molecule has 3 aromatic carbocycles. The van der Waals surface area contributed by atoms with Crippen molar-refractivity contribution in [2.24, 2.45) is 5.10 Å². The molecule has 0 atom stereocenters. The maximum Gasteiger partial charge on any atom is 0.288 e. The standard InChI is InChI=1S/C21H18N2O3S/c1-17-12-14-20(15-13-17)27(25,26)23(21(24)19-10-6-3-7-11-19)22-16-18-8-4-2-5-9-18/h2-16H,1H3/b22-16+. The minimum atomic E-state index is -4.15. The van der Waals surface area contributed by atoms with Crippen LogP contribution in [0.1, 0.15) is 21.5 Å². The van der Waals surface area contributed by atoms with Crippen molar-refractivity contribution in [1.82, 2.24) is 4.41 Å². The molecular formula is C21H18N2O3S. The molecule has 0 unspecified atom stereocenters. The number of sulfonamides is 1. The lowest BCUT2D eigenvalue weighted by molar-refractivity contribution is 0.0865. The summed E-state index contributed by atoms with van der Waals surface area (Å²) in [6.07, 6.45) is 1.35. The summed E-state index contributed by atoms with van der Waals surface area (Å²) < 4.78 is 26.7. The predicted molar refractivity (Wildman–Crippen MR) is 105 cm³/mol. The summed E-state index contributed by atoms with van der Waals surface area (Å²) in [7, 11) is -4.15.